The summed E-state index contributed by atoms with van der Waals surface area (Å²) >= 11 is 1.46. The zero-order valence-electron chi connectivity index (χ0n) is 17.4. The van der Waals surface area contributed by atoms with Crippen LogP contribution in [0.25, 0.3) is 15.3 Å². The molecule has 1 N–H and O–H groups in total. The van der Waals surface area contributed by atoms with Crippen LogP contribution < -0.4 is 10.1 Å². The highest BCUT2D eigenvalue weighted by molar-refractivity contribution is 7.20. The van der Waals surface area contributed by atoms with Crippen molar-refractivity contribution in [2.45, 2.75) is 26.2 Å². The molecule has 2 aromatic heterocycles. The van der Waals surface area contributed by atoms with E-state index in [1.54, 1.807) is 16.8 Å². The van der Waals surface area contributed by atoms with E-state index in [2.05, 4.69) is 10.4 Å². The first-order valence-corrected chi connectivity index (χ1v) is 10.9. The quantitative estimate of drug-likeness (QED) is 0.353. The second-order valence-corrected chi connectivity index (χ2v) is 8.48. The number of carbonyl (C=O) groups excluding carboxylic acids is 1. The smallest absolute Gasteiger partial charge is 0.269 e. The molecule has 1 aliphatic rings. The van der Waals surface area contributed by atoms with Gasteiger partial charge in [0.2, 0.25) is 11.0 Å². The Kier molecular flexibility index (Phi) is 4.86. The van der Waals surface area contributed by atoms with Crippen molar-refractivity contribution in [2.24, 2.45) is 0 Å². The number of carbonyl (C=O) groups is 1. The molecule has 162 valence electrons. The standard InChI is InChI=1S/C22H19N5O4S/c1-3-31-15-8-9-17-18(10-15)32-22(23-17)26-21-20(12(2)25-26)16(11-19(28)24-21)13-4-6-14(7-5-13)27(29)30/h4-10,16H,3,11H2,1-2H3,(H,24,28)/t16-/m1/s1. The number of nitro groups is 1. The third-order valence-corrected chi connectivity index (χ3v) is 6.44. The average Bonchev–Trinajstić information content (AvgIpc) is 3.34. The molecule has 1 amide bonds. The Morgan fingerprint density at radius 1 is 1.28 bits per heavy atom. The maximum Gasteiger partial charge on any atom is 0.269 e. The van der Waals surface area contributed by atoms with E-state index in [-0.39, 0.29) is 23.9 Å². The second kappa shape index (κ2) is 7.72. The van der Waals surface area contributed by atoms with Gasteiger partial charge in [-0.15, -0.1) is 0 Å². The summed E-state index contributed by atoms with van der Waals surface area (Å²) in [5.74, 6) is 0.987. The summed E-state index contributed by atoms with van der Waals surface area (Å²) in [6.07, 6.45) is 0.245. The van der Waals surface area contributed by atoms with E-state index in [4.69, 9.17) is 9.72 Å². The fourth-order valence-corrected chi connectivity index (χ4v) is 4.99. The van der Waals surface area contributed by atoms with Crippen molar-refractivity contribution >= 4 is 39.0 Å². The lowest BCUT2D eigenvalue weighted by molar-refractivity contribution is -0.384. The fourth-order valence-electron chi connectivity index (χ4n) is 4.04. The molecule has 1 atom stereocenters. The second-order valence-electron chi connectivity index (χ2n) is 7.47. The van der Waals surface area contributed by atoms with Crippen molar-refractivity contribution in [3.05, 3.63) is 69.4 Å². The molecule has 0 bridgehead atoms. The SMILES string of the molecule is CCOc1ccc2nc(-n3nc(C)c4c3NC(=O)C[C@@H]4c3ccc([N+](=O)[O-])cc3)sc2c1. The molecule has 0 aliphatic carbocycles. The van der Waals surface area contributed by atoms with E-state index in [9.17, 15) is 14.9 Å². The number of nitrogens with zero attached hydrogens (tertiary/aromatic N) is 4. The van der Waals surface area contributed by atoms with Crippen LogP contribution in [-0.2, 0) is 4.79 Å². The van der Waals surface area contributed by atoms with Crippen molar-refractivity contribution in [2.75, 3.05) is 11.9 Å². The summed E-state index contributed by atoms with van der Waals surface area (Å²) in [5.41, 5.74) is 3.34. The number of rotatable bonds is 5. The van der Waals surface area contributed by atoms with Gasteiger partial charge in [-0.1, -0.05) is 23.5 Å². The zero-order valence-corrected chi connectivity index (χ0v) is 18.2. The highest BCUT2D eigenvalue weighted by Gasteiger charge is 2.33. The summed E-state index contributed by atoms with van der Waals surface area (Å²) < 4.78 is 8.21. The third kappa shape index (κ3) is 3.38. The number of nitrogens with one attached hydrogen (secondary N) is 1. The molecule has 32 heavy (non-hydrogen) atoms. The molecule has 0 saturated heterocycles. The van der Waals surface area contributed by atoms with E-state index < -0.39 is 4.92 Å². The highest BCUT2D eigenvalue weighted by atomic mass is 32.1. The van der Waals surface area contributed by atoms with Gasteiger partial charge < -0.3 is 10.1 Å². The van der Waals surface area contributed by atoms with Gasteiger partial charge in [0, 0.05) is 30.0 Å². The van der Waals surface area contributed by atoms with Gasteiger partial charge in [-0.25, -0.2) is 4.98 Å². The van der Waals surface area contributed by atoms with Crippen LogP contribution in [0, 0.1) is 17.0 Å². The number of nitro benzene ring substituents is 1. The number of anilines is 1. The molecule has 0 spiro atoms. The zero-order chi connectivity index (χ0) is 22.4. The number of hydrogen-bond acceptors (Lipinski definition) is 7. The highest BCUT2D eigenvalue weighted by Crippen LogP contribution is 2.41. The Morgan fingerprint density at radius 2 is 2.06 bits per heavy atom. The van der Waals surface area contributed by atoms with Crippen LogP contribution in [0.5, 0.6) is 5.75 Å². The van der Waals surface area contributed by atoms with Crippen molar-refractivity contribution < 1.29 is 14.5 Å². The Balaban J connectivity index is 1.59. The van der Waals surface area contributed by atoms with Crippen LogP contribution in [0.15, 0.2) is 42.5 Å². The Bertz CT molecular complexity index is 1360. The van der Waals surface area contributed by atoms with Crippen molar-refractivity contribution in [1.82, 2.24) is 14.8 Å². The van der Waals surface area contributed by atoms with E-state index >= 15 is 0 Å². The summed E-state index contributed by atoms with van der Waals surface area (Å²) in [5, 5.41) is 19.3. The number of fused-ring (bicyclic) bond motifs is 2. The van der Waals surface area contributed by atoms with E-state index in [0.29, 0.717) is 17.6 Å². The number of aryl methyl sites for hydroxylation is 1. The van der Waals surface area contributed by atoms with Crippen LogP contribution in [0.2, 0.25) is 0 Å². The molecule has 0 saturated carbocycles. The van der Waals surface area contributed by atoms with Crippen molar-refractivity contribution in [1.29, 1.82) is 0 Å². The summed E-state index contributed by atoms with van der Waals surface area (Å²) in [6, 6.07) is 12.1. The van der Waals surface area contributed by atoms with Gasteiger partial charge >= 0.3 is 0 Å². The van der Waals surface area contributed by atoms with Crippen LogP contribution in [0.1, 0.15) is 36.1 Å². The molecule has 1 aliphatic heterocycles. The van der Waals surface area contributed by atoms with Crippen molar-refractivity contribution in [3.63, 3.8) is 0 Å². The monoisotopic (exact) mass is 449 g/mol. The molecule has 3 heterocycles. The molecular weight excluding hydrogens is 430 g/mol. The van der Waals surface area contributed by atoms with Gasteiger partial charge in [0.15, 0.2) is 0 Å². The van der Waals surface area contributed by atoms with E-state index in [1.165, 1.54) is 23.5 Å². The molecule has 4 aromatic rings. The number of non-ortho nitro benzene ring substituents is 1. The molecule has 0 radical (unpaired) electrons. The van der Waals surface area contributed by atoms with Crippen LogP contribution in [0.3, 0.4) is 0 Å². The number of benzene rings is 2. The normalized spacial score (nSPS) is 15.4. The van der Waals surface area contributed by atoms with Gasteiger partial charge in [-0.05, 0) is 37.6 Å². The summed E-state index contributed by atoms with van der Waals surface area (Å²) in [6.45, 7) is 4.41. The minimum absolute atomic E-state index is 0.0162. The van der Waals surface area contributed by atoms with Gasteiger partial charge in [0.05, 0.1) is 27.4 Å². The van der Waals surface area contributed by atoms with Gasteiger partial charge in [-0.2, -0.15) is 9.78 Å². The topological polar surface area (TPSA) is 112 Å². The van der Waals surface area contributed by atoms with Crippen LogP contribution in [-0.4, -0.2) is 32.2 Å². The molecule has 5 rings (SSSR count). The van der Waals surface area contributed by atoms with E-state index in [0.717, 1.165) is 32.8 Å². The van der Waals surface area contributed by atoms with Crippen LogP contribution >= 0.6 is 11.3 Å². The molecule has 9 nitrogen and oxygen atoms in total. The van der Waals surface area contributed by atoms with Crippen LogP contribution in [0.4, 0.5) is 11.5 Å². The number of amides is 1. The van der Waals surface area contributed by atoms with E-state index in [1.807, 2.05) is 32.0 Å². The average molecular weight is 449 g/mol. The Labute approximate surface area is 186 Å². The number of hydrogen-bond donors (Lipinski definition) is 1. The first-order valence-electron chi connectivity index (χ1n) is 10.1. The lowest BCUT2D eigenvalue weighted by Gasteiger charge is -2.24. The fraction of sp³-hybridized carbons (Fsp3) is 0.227. The maximum absolute atomic E-state index is 12.6. The lowest BCUT2D eigenvalue weighted by atomic mass is 9.86. The summed E-state index contributed by atoms with van der Waals surface area (Å²) in [7, 11) is 0. The predicted octanol–water partition coefficient (Wildman–Crippen LogP) is 4.57. The third-order valence-electron chi connectivity index (χ3n) is 5.45. The minimum Gasteiger partial charge on any atom is -0.494 e. The molecule has 0 unspecified atom stereocenters. The largest absolute Gasteiger partial charge is 0.494 e. The predicted molar refractivity (Wildman–Crippen MR) is 121 cm³/mol. The molecule has 10 heteroatoms. The van der Waals surface area contributed by atoms with Gasteiger partial charge in [0.25, 0.3) is 5.69 Å². The number of thiazole rings is 1. The Hall–Kier alpha value is -3.79. The Morgan fingerprint density at radius 3 is 2.78 bits per heavy atom. The summed E-state index contributed by atoms with van der Waals surface area (Å²) in [4.78, 5) is 27.8. The maximum atomic E-state index is 12.6. The first-order chi connectivity index (χ1) is 15.4. The van der Waals surface area contributed by atoms with Gasteiger partial charge in [-0.3, -0.25) is 14.9 Å². The lowest BCUT2D eigenvalue weighted by Crippen LogP contribution is -2.24. The first kappa shape index (κ1) is 20.1. The molecule has 0 fully saturated rings. The molecule has 2 aromatic carbocycles. The van der Waals surface area contributed by atoms with Crippen molar-refractivity contribution in [3.8, 4) is 10.9 Å². The van der Waals surface area contributed by atoms with Gasteiger partial charge in [0.1, 0.15) is 11.6 Å². The number of aromatic nitrogens is 3. The minimum atomic E-state index is -0.434. The molecular formula is C22H19N5O4S. The number of ether oxygens (including phenoxy) is 1.